The van der Waals surface area contributed by atoms with E-state index < -0.39 is 0 Å². The Hall–Kier alpha value is -1.92. The number of nitrogens with one attached hydrogen (secondary N) is 2. The number of ether oxygens (including phenoxy) is 1. The minimum atomic E-state index is -0.250. The van der Waals surface area contributed by atoms with E-state index in [9.17, 15) is 4.39 Å². The van der Waals surface area contributed by atoms with E-state index in [2.05, 4.69) is 34.7 Å². The topological polar surface area (TPSA) is 45.7 Å². The quantitative estimate of drug-likeness (QED) is 0.629. The summed E-state index contributed by atoms with van der Waals surface area (Å²) >= 11 is 1.76. The monoisotopic (exact) mass is 335 g/mol. The van der Waals surface area contributed by atoms with Crippen molar-refractivity contribution in [1.82, 2.24) is 10.6 Å². The largest absolute Gasteiger partial charge is 0.375 e. The maximum atomic E-state index is 13.0. The van der Waals surface area contributed by atoms with Crippen molar-refractivity contribution in [3.63, 3.8) is 0 Å². The molecule has 2 N–H and O–H groups in total. The van der Waals surface area contributed by atoms with Crippen LogP contribution < -0.4 is 10.6 Å². The fourth-order valence-electron chi connectivity index (χ4n) is 2.18. The highest BCUT2D eigenvalue weighted by atomic mass is 32.1. The van der Waals surface area contributed by atoms with Gasteiger partial charge in [-0.3, -0.25) is 4.99 Å². The fraction of sp³-hybridized carbons (Fsp3) is 0.353. The van der Waals surface area contributed by atoms with Gasteiger partial charge in [0.15, 0.2) is 5.96 Å². The zero-order valence-corrected chi connectivity index (χ0v) is 14.4. The van der Waals surface area contributed by atoms with Crippen molar-refractivity contribution in [2.75, 3.05) is 20.7 Å². The van der Waals surface area contributed by atoms with Gasteiger partial charge in [0.1, 0.15) is 5.82 Å². The third-order valence-corrected chi connectivity index (χ3v) is 4.43. The molecule has 124 valence electrons. The van der Waals surface area contributed by atoms with Crippen LogP contribution in [0.15, 0.2) is 41.4 Å². The summed E-state index contributed by atoms with van der Waals surface area (Å²) in [5.41, 5.74) is 0.922. The van der Waals surface area contributed by atoms with Crippen LogP contribution in [0.2, 0.25) is 0 Å². The first-order chi connectivity index (χ1) is 11.1. The third-order valence-electron chi connectivity index (χ3n) is 3.43. The van der Waals surface area contributed by atoms with Crippen molar-refractivity contribution < 1.29 is 9.13 Å². The van der Waals surface area contributed by atoms with Gasteiger partial charge in [0.2, 0.25) is 0 Å². The Morgan fingerprint density at radius 3 is 2.52 bits per heavy atom. The van der Waals surface area contributed by atoms with E-state index in [1.165, 1.54) is 21.9 Å². The van der Waals surface area contributed by atoms with E-state index in [1.807, 2.05) is 0 Å². The molecule has 0 radical (unpaired) electrons. The van der Waals surface area contributed by atoms with E-state index in [1.54, 1.807) is 37.6 Å². The number of rotatable bonds is 6. The van der Waals surface area contributed by atoms with Crippen molar-refractivity contribution >= 4 is 17.3 Å². The Balaban J connectivity index is 1.87. The number of hydrogen-bond donors (Lipinski definition) is 2. The molecule has 0 fully saturated rings. The molecule has 2 rings (SSSR count). The fourth-order valence-corrected chi connectivity index (χ4v) is 3.01. The van der Waals surface area contributed by atoms with Gasteiger partial charge in [-0.2, -0.15) is 0 Å². The zero-order chi connectivity index (χ0) is 16.7. The lowest BCUT2D eigenvalue weighted by Gasteiger charge is -2.18. The molecule has 1 heterocycles. The van der Waals surface area contributed by atoms with Crippen LogP contribution in [0.25, 0.3) is 0 Å². The lowest BCUT2D eigenvalue weighted by atomic mass is 10.1. The number of benzene rings is 1. The predicted molar refractivity (Wildman–Crippen MR) is 93.4 cm³/mol. The number of halogens is 1. The van der Waals surface area contributed by atoms with E-state index >= 15 is 0 Å². The molecule has 2 aromatic rings. The second-order valence-electron chi connectivity index (χ2n) is 5.09. The van der Waals surface area contributed by atoms with Crippen LogP contribution in [-0.4, -0.2) is 26.7 Å². The average molecular weight is 335 g/mol. The van der Waals surface area contributed by atoms with Crippen molar-refractivity contribution in [2.24, 2.45) is 4.99 Å². The van der Waals surface area contributed by atoms with Crippen LogP contribution in [0.4, 0.5) is 4.39 Å². The molecule has 1 aromatic carbocycles. The highest BCUT2D eigenvalue weighted by Gasteiger charge is 2.11. The summed E-state index contributed by atoms with van der Waals surface area (Å²) in [5.74, 6) is 0.459. The Morgan fingerprint density at radius 1 is 1.22 bits per heavy atom. The number of aryl methyl sites for hydroxylation is 1. The second-order valence-corrected chi connectivity index (χ2v) is 6.47. The van der Waals surface area contributed by atoms with Gasteiger partial charge in [0.05, 0.1) is 12.6 Å². The molecule has 0 aliphatic heterocycles. The first-order valence-corrected chi connectivity index (χ1v) is 8.22. The van der Waals surface area contributed by atoms with Gasteiger partial charge in [-0.1, -0.05) is 12.1 Å². The molecule has 1 atom stereocenters. The summed E-state index contributed by atoms with van der Waals surface area (Å²) < 4.78 is 18.5. The van der Waals surface area contributed by atoms with Crippen molar-refractivity contribution in [2.45, 2.75) is 19.6 Å². The van der Waals surface area contributed by atoms with Crippen molar-refractivity contribution in [3.05, 3.63) is 57.5 Å². The molecule has 1 aromatic heterocycles. The zero-order valence-electron chi connectivity index (χ0n) is 13.6. The number of aliphatic imine (C=N–C) groups is 1. The van der Waals surface area contributed by atoms with E-state index in [0.29, 0.717) is 12.5 Å². The van der Waals surface area contributed by atoms with Crippen molar-refractivity contribution in [1.29, 1.82) is 0 Å². The first kappa shape index (κ1) is 17.4. The highest BCUT2D eigenvalue weighted by molar-refractivity contribution is 7.11. The molecule has 0 spiro atoms. The molecule has 1 unspecified atom stereocenters. The molecule has 0 bridgehead atoms. The van der Waals surface area contributed by atoms with Crippen LogP contribution in [0, 0.1) is 12.7 Å². The lowest BCUT2D eigenvalue weighted by Crippen LogP contribution is -2.39. The van der Waals surface area contributed by atoms with Crippen LogP contribution in [0.5, 0.6) is 0 Å². The van der Waals surface area contributed by atoms with Crippen LogP contribution in [0.1, 0.15) is 21.4 Å². The third kappa shape index (κ3) is 5.33. The summed E-state index contributed by atoms with van der Waals surface area (Å²) in [6.45, 7) is 3.37. The average Bonchev–Trinajstić information content (AvgIpc) is 2.97. The Kier molecular flexibility index (Phi) is 6.55. The maximum absolute atomic E-state index is 13.0. The summed E-state index contributed by atoms with van der Waals surface area (Å²) in [5, 5.41) is 6.51. The molecule has 23 heavy (non-hydrogen) atoms. The predicted octanol–water partition coefficient (Wildman–Crippen LogP) is 3.25. The van der Waals surface area contributed by atoms with E-state index in [0.717, 1.165) is 12.1 Å². The molecule has 6 heteroatoms. The molecule has 0 amide bonds. The van der Waals surface area contributed by atoms with Gasteiger partial charge < -0.3 is 15.4 Å². The Labute approximate surface area is 140 Å². The molecule has 4 nitrogen and oxygen atoms in total. The molecule has 0 saturated carbocycles. The molecule has 0 aliphatic carbocycles. The van der Waals surface area contributed by atoms with Crippen LogP contribution in [0.3, 0.4) is 0 Å². The van der Waals surface area contributed by atoms with Gasteiger partial charge in [0, 0.05) is 30.5 Å². The minimum Gasteiger partial charge on any atom is -0.375 e. The number of hydrogen-bond acceptors (Lipinski definition) is 3. The minimum absolute atomic E-state index is 0.168. The summed E-state index contributed by atoms with van der Waals surface area (Å²) in [6.07, 6.45) is -0.168. The van der Waals surface area contributed by atoms with Gasteiger partial charge in [0.25, 0.3) is 0 Å². The number of thiophene rings is 1. The lowest BCUT2D eigenvalue weighted by molar-refractivity contribution is 0.106. The second kappa shape index (κ2) is 8.64. The van der Waals surface area contributed by atoms with E-state index in [4.69, 9.17) is 4.74 Å². The number of nitrogens with zero attached hydrogens (tertiary/aromatic N) is 1. The molecule has 0 aliphatic rings. The summed E-state index contributed by atoms with van der Waals surface area (Å²) in [7, 11) is 3.37. The van der Waals surface area contributed by atoms with Gasteiger partial charge in [-0.05, 0) is 36.8 Å². The van der Waals surface area contributed by atoms with Gasteiger partial charge in [-0.15, -0.1) is 11.3 Å². The Bertz CT molecular complexity index is 640. The molecular formula is C17H22FN3OS. The highest BCUT2D eigenvalue weighted by Crippen LogP contribution is 2.16. The van der Waals surface area contributed by atoms with Crippen molar-refractivity contribution in [3.8, 4) is 0 Å². The first-order valence-electron chi connectivity index (χ1n) is 7.40. The maximum Gasteiger partial charge on any atom is 0.191 e. The molecule has 0 saturated heterocycles. The Morgan fingerprint density at radius 2 is 1.96 bits per heavy atom. The van der Waals surface area contributed by atoms with Crippen LogP contribution in [-0.2, 0) is 11.3 Å². The smallest absolute Gasteiger partial charge is 0.191 e. The number of guanidine groups is 1. The van der Waals surface area contributed by atoms with Gasteiger partial charge in [-0.25, -0.2) is 4.39 Å². The number of methoxy groups -OCH3 is 1. The van der Waals surface area contributed by atoms with Gasteiger partial charge >= 0.3 is 0 Å². The summed E-state index contributed by atoms with van der Waals surface area (Å²) in [6, 6.07) is 10.6. The van der Waals surface area contributed by atoms with Crippen LogP contribution >= 0.6 is 11.3 Å². The standard InChI is InChI=1S/C17H22FN3OS/c1-12-4-9-15(23-12)10-20-17(19-2)21-11-16(22-3)13-5-7-14(18)8-6-13/h4-9,16H,10-11H2,1-3H3,(H2,19,20,21). The normalized spacial score (nSPS) is 13.0. The van der Waals surface area contributed by atoms with E-state index in [-0.39, 0.29) is 11.9 Å². The SMILES string of the molecule is CN=C(NCc1ccc(C)s1)NCC(OC)c1ccc(F)cc1. The molecular weight excluding hydrogens is 313 g/mol. The summed E-state index contributed by atoms with van der Waals surface area (Å²) in [4.78, 5) is 6.76.